The molecule has 148 valence electrons. The van der Waals surface area contributed by atoms with Gasteiger partial charge in [-0.25, -0.2) is 0 Å². The summed E-state index contributed by atoms with van der Waals surface area (Å²) in [7, 11) is 3.60. The fourth-order valence-electron chi connectivity index (χ4n) is 3.67. The number of carbonyl (C=O) groups is 2. The molecular weight excluding hydrogens is 344 g/mol. The first-order chi connectivity index (χ1) is 13.1. The van der Waals surface area contributed by atoms with E-state index in [4.69, 9.17) is 4.74 Å². The summed E-state index contributed by atoms with van der Waals surface area (Å²) in [6.45, 7) is 6.21. The summed E-state index contributed by atoms with van der Waals surface area (Å²) < 4.78 is 5.31. The predicted molar refractivity (Wildman–Crippen MR) is 103 cm³/mol. The molecule has 27 heavy (non-hydrogen) atoms. The summed E-state index contributed by atoms with van der Waals surface area (Å²) in [6, 6.07) is 9.68. The van der Waals surface area contributed by atoms with E-state index in [2.05, 4.69) is 9.80 Å². The lowest BCUT2D eigenvalue weighted by molar-refractivity contribution is -0.139. The first kappa shape index (κ1) is 19.8. The molecule has 0 radical (unpaired) electrons. The number of morpholine rings is 1. The van der Waals surface area contributed by atoms with Crippen molar-refractivity contribution in [2.75, 3.05) is 73.1 Å². The summed E-state index contributed by atoms with van der Waals surface area (Å²) in [5.74, 6) is 0.273. The Balaban J connectivity index is 1.58. The minimum absolute atomic E-state index is 0.0963. The zero-order valence-corrected chi connectivity index (χ0v) is 16.3. The van der Waals surface area contributed by atoms with Crippen LogP contribution in [-0.2, 0) is 14.3 Å². The van der Waals surface area contributed by atoms with Crippen LogP contribution in [-0.4, -0.2) is 105 Å². The summed E-state index contributed by atoms with van der Waals surface area (Å²) in [4.78, 5) is 33.2. The number of rotatable bonds is 5. The maximum Gasteiger partial charge on any atom is 0.244 e. The normalized spacial score (nSPS) is 20.3. The average Bonchev–Trinajstić information content (AvgIpc) is 2.71. The third-order valence-corrected chi connectivity index (χ3v) is 5.28. The van der Waals surface area contributed by atoms with Crippen molar-refractivity contribution in [3.63, 3.8) is 0 Å². The van der Waals surface area contributed by atoms with Gasteiger partial charge in [-0.05, 0) is 5.56 Å². The van der Waals surface area contributed by atoms with E-state index in [0.717, 1.165) is 31.7 Å². The van der Waals surface area contributed by atoms with Crippen LogP contribution in [0.1, 0.15) is 11.6 Å². The minimum Gasteiger partial charge on any atom is -0.378 e. The Bertz CT molecular complexity index is 623. The number of nitrogens with zero attached hydrogens (tertiary/aromatic N) is 4. The second-order valence-corrected chi connectivity index (χ2v) is 7.35. The van der Waals surface area contributed by atoms with Gasteiger partial charge in [-0.2, -0.15) is 0 Å². The van der Waals surface area contributed by atoms with Gasteiger partial charge in [0.15, 0.2) is 0 Å². The van der Waals surface area contributed by atoms with Gasteiger partial charge in [-0.15, -0.1) is 0 Å². The van der Waals surface area contributed by atoms with Crippen molar-refractivity contribution in [3.8, 4) is 0 Å². The zero-order chi connectivity index (χ0) is 19.2. The highest BCUT2D eigenvalue weighted by atomic mass is 16.5. The third-order valence-electron chi connectivity index (χ3n) is 5.28. The van der Waals surface area contributed by atoms with Crippen LogP contribution in [0.4, 0.5) is 0 Å². The lowest BCUT2D eigenvalue weighted by Gasteiger charge is -2.40. The molecule has 2 amide bonds. The molecule has 3 rings (SSSR count). The molecule has 0 saturated carbocycles. The average molecular weight is 374 g/mol. The molecule has 2 saturated heterocycles. The second kappa shape index (κ2) is 9.30. The highest BCUT2D eigenvalue weighted by Gasteiger charge is 2.32. The largest absolute Gasteiger partial charge is 0.378 e. The monoisotopic (exact) mass is 374 g/mol. The maximum absolute atomic E-state index is 12.8. The molecule has 1 aromatic carbocycles. The molecule has 2 aliphatic heterocycles. The highest BCUT2D eigenvalue weighted by Crippen LogP contribution is 2.24. The van der Waals surface area contributed by atoms with Crippen molar-refractivity contribution in [2.24, 2.45) is 0 Å². The molecule has 0 aromatic heterocycles. The number of carbonyl (C=O) groups excluding carboxylic acids is 2. The molecule has 0 aliphatic carbocycles. The van der Waals surface area contributed by atoms with Crippen LogP contribution in [0.25, 0.3) is 0 Å². The number of hydrogen-bond acceptors (Lipinski definition) is 5. The summed E-state index contributed by atoms with van der Waals surface area (Å²) in [5, 5.41) is 0. The van der Waals surface area contributed by atoms with Gasteiger partial charge in [-0.3, -0.25) is 19.4 Å². The Morgan fingerprint density at radius 3 is 2.22 bits per heavy atom. The number of amides is 2. The van der Waals surface area contributed by atoms with E-state index < -0.39 is 0 Å². The van der Waals surface area contributed by atoms with Gasteiger partial charge in [-0.1, -0.05) is 30.3 Å². The van der Waals surface area contributed by atoms with Gasteiger partial charge < -0.3 is 14.5 Å². The number of benzene rings is 1. The topological polar surface area (TPSA) is 56.3 Å². The number of hydrogen-bond donors (Lipinski definition) is 0. The van der Waals surface area contributed by atoms with Gasteiger partial charge >= 0.3 is 0 Å². The quantitative estimate of drug-likeness (QED) is 0.742. The van der Waals surface area contributed by atoms with E-state index >= 15 is 0 Å². The fourth-order valence-corrected chi connectivity index (χ4v) is 3.67. The first-order valence-electron chi connectivity index (χ1n) is 9.64. The van der Waals surface area contributed by atoms with Crippen LogP contribution in [0.3, 0.4) is 0 Å². The van der Waals surface area contributed by atoms with Gasteiger partial charge in [0.05, 0.1) is 19.8 Å². The molecule has 7 heteroatoms. The van der Waals surface area contributed by atoms with Crippen molar-refractivity contribution >= 4 is 11.8 Å². The molecule has 0 bridgehead atoms. The molecule has 0 spiro atoms. The van der Waals surface area contributed by atoms with Gasteiger partial charge in [0, 0.05) is 53.4 Å². The van der Waals surface area contributed by atoms with Crippen molar-refractivity contribution in [2.45, 2.75) is 6.04 Å². The molecule has 2 fully saturated rings. The lowest BCUT2D eigenvalue weighted by atomic mass is 10.0. The summed E-state index contributed by atoms with van der Waals surface area (Å²) in [6.07, 6.45) is 0. The van der Waals surface area contributed by atoms with Gasteiger partial charge in [0.25, 0.3) is 0 Å². The molecule has 0 unspecified atom stereocenters. The molecule has 1 atom stereocenters. The summed E-state index contributed by atoms with van der Waals surface area (Å²) >= 11 is 0. The van der Waals surface area contributed by atoms with Crippen molar-refractivity contribution in [3.05, 3.63) is 35.9 Å². The second-order valence-electron chi connectivity index (χ2n) is 7.35. The van der Waals surface area contributed by atoms with Crippen LogP contribution in [0.15, 0.2) is 30.3 Å². The standard InChI is InChI=1S/C20H30N4O3/c1-21(2)20(26)19(17-6-4-3-5-7-17)24-10-8-22(9-11-24)16-18(25)23-12-14-27-15-13-23/h3-7,19H,8-16H2,1-2H3/t19-/m0/s1. The van der Waals surface area contributed by atoms with E-state index in [1.807, 2.05) is 35.2 Å². The molecule has 7 nitrogen and oxygen atoms in total. The van der Waals surface area contributed by atoms with Gasteiger partial charge in [0.1, 0.15) is 6.04 Å². The maximum atomic E-state index is 12.8. The molecule has 0 N–H and O–H groups in total. The van der Waals surface area contributed by atoms with E-state index in [1.165, 1.54) is 0 Å². The Morgan fingerprint density at radius 1 is 1.00 bits per heavy atom. The molecule has 1 aromatic rings. The third kappa shape index (κ3) is 5.06. The first-order valence-corrected chi connectivity index (χ1v) is 9.64. The molecular formula is C20H30N4O3. The van der Waals surface area contributed by atoms with E-state index in [-0.39, 0.29) is 17.9 Å². The minimum atomic E-state index is -0.265. The Labute approximate surface area is 161 Å². The summed E-state index contributed by atoms with van der Waals surface area (Å²) in [5.41, 5.74) is 1.02. The van der Waals surface area contributed by atoms with Crippen LogP contribution < -0.4 is 0 Å². The Kier molecular flexibility index (Phi) is 6.82. The Morgan fingerprint density at radius 2 is 1.63 bits per heavy atom. The predicted octanol–water partition coefficient (Wildman–Crippen LogP) is 0.292. The molecule has 2 heterocycles. The number of likely N-dealkylation sites (N-methyl/N-ethyl adjacent to an activating group) is 1. The number of piperazine rings is 1. The van der Waals surface area contributed by atoms with Crippen LogP contribution in [0, 0.1) is 0 Å². The van der Waals surface area contributed by atoms with E-state index in [0.29, 0.717) is 32.8 Å². The van der Waals surface area contributed by atoms with Crippen LogP contribution >= 0.6 is 0 Å². The molecule has 2 aliphatic rings. The lowest BCUT2D eigenvalue weighted by Crippen LogP contribution is -2.53. The van der Waals surface area contributed by atoms with E-state index in [9.17, 15) is 9.59 Å². The smallest absolute Gasteiger partial charge is 0.244 e. The van der Waals surface area contributed by atoms with E-state index in [1.54, 1.807) is 19.0 Å². The highest BCUT2D eigenvalue weighted by molar-refractivity contribution is 5.83. The van der Waals surface area contributed by atoms with Crippen LogP contribution in [0.2, 0.25) is 0 Å². The van der Waals surface area contributed by atoms with Gasteiger partial charge in [0.2, 0.25) is 11.8 Å². The fraction of sp³-hybridized carbons (Fsp3) is 0.600. The Hall–Kier alpha value is -1.96. The zero-order valence-electron chi connectivity index (χ0n) is 16.3. The number of ether oxygens (including phenoxy) is 1. The van der Waals surface area contributed by atoms with Crippen molar-refractivity contribution in [1.29, 1.82) is 0 Å². The van der Waals surface area contributed by atoms with Crippen molar-refractivity contribution in [1.82, 2.24) is 19.6 Å². The SMILES string of the molecule is CN(C)C(=O)[C@H](c1ccccc1)N1CCN(CC(=O)N2CCOCC2)CC1. The van der Waals surface area contributed by atoms with Crippen molar-refractivity contribution < 1.29 is 14.3 Å². The van der Waals surface area contributed by atoms with Crippen LogP contribution in [0.5, 0.6) is 0 Å².